The summed E-state index contributed by atoms with van der Waals surface area (Å²) in [5.74, 6) is -2.17. The largest absolute Gasteiger partial charge is 0.334 e. The van der Waals surface area contributed by atoms with Gasteiger partial charge in [0.15, 0.2) is 11.6 Å². The average Bonchev–Trinajstić information content (AvgIpc) is 3.35. The highest BCUT2D eigenvalue weighted by molar-refractivity contribution is 7.89. The molecular formula is C23H21F2N3O3S2. The third-order valence-electron chi connectivity index (χ3n) is 5.51. The molecule has 1 amide bonds. The zero-order valence-corrected chi connectivity index (χ0v) is 19.3. The molecule has 0 saturated carbocycles. The first-order valence-corrected chi connectivity index (χ1v) is 12.6. The summed E-state index contributed by atoms with van der Waals surface area (Å²) in [5.41, 5.74) is 3.78. The van der Waals surface area contributed by atoms with E-state index in [0.29, 0.717) is 25.1 Å². The molecule has 0 radical (unpaired) electrons. The lowest BCUT2D eigenvalue weighted by Crippen LogP contribution is -2.36. The van der Waals surface area contributed by atoms with Gasteiger partial charge in [0.2, 0.25) is 15.9 Å². The van der Waals surface area contributed by atoms with Gasteiger partial charge in [-0.2, -0.15) is 11.3 Å². The molecule has 3 heterocycles. The molecule has 0 spiro atoms. The van der Waals surface area contributed by atoms with E-state index in [1.54, 1.807) is 27.9 Å². The van der Waals surface area contributed by atoms with E-state index in [1.807, 2.05) is 6.92 Å². The molecule has 1 aliphatic rings. The van der Waals surface area contributed by atoms with E-state index in [1.165, 1.54) is 29.6 Å². The highest BCUT2D eigenvalue weighted by atomic mass is 32.2. The van der Waals surface area contributed by atoms with Crippen molar-refractivity contribution in [3.8, 4) is 0 Å². The molecule has 0 bridgehead atoms. The molecule has 0 atom stereocenters. The van der Waals surface area contributed by atoms with Gasteiger partial charge in [0.25, 0.3) is 0 Å². The van der Waals surface area contributed by atoms with Crippen LogP contribution in [-0.4, -0.2) is 30.8 Å². The number of carbonyl (C=O) groups excluding carboxylic acids is 1. The number of carbonyl (C=O) groups is 1. The van der Waals surface area contributed by atoms with E-state index in [2.05, 4.69) is 9.71 Å². The van der Waals surface area contributed by atoms with Crippen LogP contribution < -0.4 is 4.72 Å². The minimum Gasteiger partial charge on any atom is -0.334 e. The van der Waals surface area contributed by atoms with E-state index < -0.39 is 21.7 Å². The molecule has 10 heteroatoms. The summed E-state index contributed by atoms with van der Waals surface area (Å²) in [6.07, 6.45) is 5.03. The fourth-order valence-corrected chi connectivity index (χ4v) is 5.71. The first-order valence-electron chi connectivity index (χ1n) is 10.1. The van der Waals surface area contributed by atoms with Crippen molar-refractivity contribution in [1.29, 1.82) is 0 Å². The summed E-state index contributed by atoms with van der Waals surface area (Å²) in [6, 6.07) is 4.99. The van der Waals surface area contributed by atoms with Crippen LogP contribution in [0.3, 0.4) is 0 Å². The number of fused-ring (bicyclic) bond motifs is 1. The van der Waals surface area contributed by atoms with Crippen LogP contribution in [0.1, 0.15) is 27.9 Å². The highest BCUT2D eigenvalue weighted by Crippen LogP contribution is 2.25. The average molecular weight is 490 g/mol. The maximum atomic E-state index is 13.4. The number of sulfonamides is 1. The second kappa shape index (κ2) is 9.50. The van der Waals surface area contributed by atoms with Gasteiger partial charge in [-0.1, -0.05) is 6.07 Å². The van der Waals surface area contributed by atoms with E-state index in [-0.39, 0.29) is 17.3 Å². The zero-order chi connectivity index (χ0) is 23.6. The minimum absolute atomic E-state index is 0.115. The van der Waals surface area contributed by atoms with Crippen LogP contribution in [0.5, 0.6) is 0 Å². The van der Waals surface area contributed by atoms with Gasteiger partial charge >= 0.3 is 0 Å². The number of amides is 1. The van der Waals surface area contributed by atoms with Gasteiger partial charge in [-0.25, -0.2) is 21.9 Å². The quantitative estimate of drug-likeness (QED) is 0.534. The number of hydrogen-bond donors (Lipinski definition) is 1. The Kier molecular flexibility index (Phi) is 6.68. The number of nitrogens with one attached hydrogen (secondary N) is 1. The number of halogens is 2. The minimum atomic E-state index is -3.61. The highest BCUT2D eigenvalue weighted by Gasteiger charge is 2.24. The number of thiophene rings is 1. The second-order valence-electron chi connectivity index (χ2n) is 7.63. The SMILES string of the molecule is Cc1ncc2c(c1CNS(=O)(=O)c1ccsc1)CCN(C(=O)C=Cc1ccc(F)c(F)c1)C2. The molecule has 0 aliphatic carbocycles. The Labute approximate surface area is 194 Å². The summed E-state index contributed by atoms with van der Waals surface area (Å²) in [5, 5.41) is 3.28. The Morgan fingerprint density at radius 1 is 1.27 bits per heavy atom. The zero-order valence-electron chi connectivity index (χ0n) is 17.7. The van der Waals surface area contributed by atoms with E-state index in [9.17, 15) is 22.0 Å². The van der Waals surface area contributed by atoms with Crippen LogP contribution in [0.15, 0.2) is 52.2 Å². The molecule has 1 N–H and O–H groups in total. The molecule has 2 aromatic heterocycles. The molecule has 4 rings (SSSR count). The van der Waals surface area contributed by atoms with Crippen LogP contribution >= 0.6 is 11.3 Å². The van der Waals surface area contributed by atoms with E-state index in [0.717, 1.165) is 34.5 Å². The number of aromatic nitrogens is 1. The van der Waals surface area contributed by atoms with Gasteiger partial charge in [0.1, 0.15) is 0 Å². The number of rotatable bonds is 6. The van der Waals surface area contributed by atoms with Crippen molar-refractivity contribution in [2.24, 2.45) is 0 Å². The van der Waals surface area contributed by atoms with Crippen molar-refractivity contribution in [3.05, 3.63) is 86.9 Å². The predicted octanol–water partition coefficient (Wildman–Crippen LogP) is 3.81. The van der Waals surface area contributed by atoms with E-state index in [4.69, 9.17) is 0 Å². The van der Waals surface area contributed by atoms with Crippen molar-refractivity contribution in [2.75, 3.05) is 6.54 Å². The second-order valence-corrected chi connectivity index (χ2v) is 10.2. The van der Waals surface area contributed by atoms with Gasteiger partial charge in [0, 0.05) is 43.0 Å². The van der Waals surface area contributed by atoms with Crippen LogP contribution in [-0.2, 0) is 34.3 Å². The Balaban J connectivity index is 1.47. The molecule has 172 valence electrons. The standard InChI is InChI=1S/C23H21F2N3O3S2/c1-15-20(12-27-33(30,31)18-7-9-32-14-18)19-6-8-28(13-17(19)11-26-15)23(29)5-3-16-2-4-21(24)22(25)10-16/h2-5,7,9-11,14,27H,6,8,12-13H2,1H3. The maximum absolute atomic E-state index is 13.4. The first-order chi connectivity index (χ1) is 15.7. The van der Waals surface area contributed by atoms with Crippen molar-refractivity contribution < 1.29 is 22.0 Å². The van der Waals surface area contributed by atoms with Crippen LogP contribution in [0, 0.1) is 18.6 Å². The predicted molar refractivity (Wildman–Crippen MR) is 122 cm³/mol. The summed E-state index contributed by atoms with van der Waals surface area (Å²) >= 11 is 1.31. The Bertz CT molecular complexity index is 1320. The van der Waals surface area contributed by atoms with Crippen LogP contribution in [0.4, 0.5) is 8.78 Å². The molecule has 6 nitrogen and oxygen atoms in total. The van der Waals surface area contributed by atoms with Gasteiger partial charge in [0.05, 0.1) is 4.90 Å². The third kappa shape index (κ3) is 5.18. The fraction of sp³-hybridized carbons (Fsp3) is 0.217. The summed E-state index contributed by atoms with van der Waals surface area (Å²) < 4.78 is 54.0. The van der Waals surface area contributed by atoms with Gasteiger partial charge < -0.3 is 4.90 Å². The first kappa shape index (κ1) is 23.2. The number of aryl methyl sites for hydroxylation is 1. The van der Waals surface area contributed by atoms with Gasteiger partial charge in [-0.05, 0) is 65.3 Å². The lowest BCUT2D eigenvalue weighted by atomic mass is 9.95. The van der Waals surface area contributed by atoms with Gasteiger partial charge in [-0.15, -0.1) is 0 Å². The molecule has 33 heavy (non-hydrogen) atoms. The van der Waals surface area contributed by atoms with E-state index >= 15 is 0 Å². The maximum Gasteiger partial charge on any atom is 0.246 e. The van der Waals surface area contributed by atoms with Crippen molar-refractivity contribution in [1.82, 2.24) is 14.6 Å². The molecule has 0 saturated heterocycles. The van der Waals surface area contributed by atoms with Crippen LogP contribution in [0.2, 0.25) is 0 Å². The number of pyridine rings is 1. The Morgan fingerprint density at radius 3 is 2.82 bits per heavy atom. The monoisotopic (exact) mass is 489 g/mol. The molecular weight excluding hydrogens is 468 g/mol. The topological polar surface area (TPSA) is 79.4 Å². The lowest BCUT2D eigenvalue weighted by Gasteiger charge is -2.30. The van der Waals surface area contributed by atoms with Crippen molar-refractivity contribution in [3.63, 3.8) is 0 Å². The van der Waals surface area contributed by atoms with Crippen molar-refractivity contribution >= 4 is 33.3 Å². The summed E-state index contributed by atoms with van der Waals surface area (Å²) in [7, 11) is -3.61. The van der Waals surface area contributed by atoms with Crippen molar-refractivity contribution in [2.45, 2.75) is 31.3 Å². The molecule has 1 aromatic carbocycles. The normalized spacial score (nSPS) is 14.0. The smallest absolute Gasteiger partial charge is 0.246 e. The summed E-state index contributed by atoms with van der Waals surface area (Å²) in [6.45, 7) is 2.72. The third-order valence-corrected chi connectivity index (χ3v) is 7.74. The molecule has 0 fully saturated rings. The fourth-order valence-electron chi connectivity index (χ4n) is 3.69. The molecule has 0 unspecified atom stereocenters. The number of benzene rings is 1. The van der Waals surface area contributed by atoms with Crippen LogP contribution in [0.25, 0.3) is 6.08 Å². The van der Waals surface area contributed by atoms with Gasteiger partial charge in [-0.3, -0.25) is 9.78 Å². The lowest BCUT2D eigenvalue weighted by molar-refractivity contribution is -0.126. The molecule has 1 aliphatic heterocycles. The number of nitrogens with zero attached hydrogens (tertiary/aromatic N) is 2. The Morgan fingerprint density at radius 2 is 2.09 bits per heavy atom. The number of hydrogen-bond acceptors (Lipinski definition) is 5. The Hall–Kier alpha value is -2.95. The summed E-state index contributed by atoms with van der Waals surface area (Å²) in [4.78, 5) is 18.9. The molecule has 3 aromatic rings.